The van der Waals surface area contributed by atoms with E-state index in [4.69, 9.17) is 9.47 Å². The van der Waals surface area contributed by atoms with Crippen molar-refractivity contribution >= 4 is 104 Å². The molecule has 78 heavy (non-hydrogen) atoms. The van der Waals surface area contributed by atoms with Crippen molar-refractivity contribution in [3.05, 3.63) is 72.3 Å². The van der Waals surface area contributed by atoms with Crippen molar-refractivity contribution in [2.75, 3.05) is 53.4 Å². The van der Waals surface area contributed by atoms with Crippen LogP contribution in [0.5, 0.6) is 0 Å². The van der Waals surface area contributed by atoms with Gasteiger partial charge in [-0.25, -0.2) is 19.6 Å². The highest BCUT2D eigenvalue weighted by Crippen LogP contribution is 2.27. The van der Waals surface area contributed by atoms with Gasteiger partial charge in [0, 0.05) is 39.0 Å². The summed E-state index contributed by atoms with van der Waals surface area (Å²) in [5, 5.41) is 10.0. The summed E-state index contributed by atoms with van der Waals surface area (Å²) in [5.41, 5.74) is 1.25. The third kappa shape index (κ3) is 13.3. The van der Waals surface area contributed by atoms with Gasteiger partial charge < -0.3 is 50.3 Å². The van der Waals surface area contributed by atoms with E-state index in [0.29, 0.717) is 22.1 Å². The van der Waals surface area contributed by atoms with Crippen molar-refractivity contribution in [2.24, 2.45) is 11.8 Å². The molecule has 1 unspecified atom stereocenters. The molecular formula is C51H64N12O13S2. The third-order valence-electron chi connectivity index (χ3n) is 13.3. The van der Waals surface area contributed by atoms with E-state index in [1.165, 1.54) is 60.7 Å². The highest BCUT2D eigenvalue weighted by molar-refractivity contribution is 8.11. The van der Waals surface area contributed by atoms with E-state index < -0.39 is 154 Å². The fourth-order valence-electron chi connectivity index (χ4n) is 9.03. The van der Waals surface area contributed by atoms with E-state index in [0.717, 1.165) is 31.4 Å². The van der Waals surface area contributed by atoms with Crippen LogP contribution in [0.3, 0.4) is 0 Å². The number of carbonyl (C=O) groups excluding carboxylic acids is 10. The van der Waals surface area contributed by atoms with Crippen LogP contribution in [0, 0.1) is 11.8 Å². The molecule has 25 nitrogen and oxygen atoms in total. The van der Waals surface area contributed by atoms with Gasteiger partial charge in [-0.15, -0.1) is 11.8 Å². The van der Waals surface area contributed by atoms with Crippen LogP contribution < -0.4 is 21.3 Å². The van der Waals surface area contributed by atoms with Crippen LogP contribution in [0.25, 0.3) is 22.1 Å². The fraction of sp³-hybridized carbons (Fsp3) is 0.490. The normalized spacial score (nSPS) is 26.2. The minimum Gasteiger partial charge on any atom is -0.461 e. The predicted molar refractivity (Wildman–Crippen MR) is 285 cm³/mol. The molecule has 0 aliphatic carbocycles. The SMILES string of the molecule is CS[C@@H]1[C@H]2C(=O)N(C)[C@@H](C(C)C)C(=O)OC[C@@H](NC(=O)c3cnc4ccccc4n3)C(=O)N[C@@H](C)C(=O)N(C)[C@@H](CS1=O)C(=O)N(C)[C@@H](C(C)C)C(=O)OC[C@@H](NC(=O)c1cnc3ccccc3n1)C(=O)N[C@@H](C)C(=O)N2C. The molecule has 2 fully saturated rings. The largest absolute Gasteiger partial charge is 0.461 e. The zero-order valence-electron chi connectivity index (χ0n) is 44.9. The van der Waals surface area contributed by atoms with E-state index in [1.807, 2.05) is 0 Å². The van der Waals surface area contributed by atoms with Crippen LogP contribution >= 0.6 is 11.8 Å². The molecule has 2 aliphatic heterocycles. The van der Waals surface area contributed by atoms with Gasteiger partial charge in [0.15, 0.2) is 0 Å². The maximum atomic E-state index is 15.3. The van der Waals surface area contributed by atoms with Crippen molar-refractivity contribution in [1.29, 1.82) is 0 Å². The standard InChI is InChI=1S/C51H64N12O13S2/c1-25(2)38-49(72)75-22-36(59-42(65)34-21-53-30-17-13-15-19-32(30)57-34)44(67)55-28(6)46(69)63(10)40-48(71)62(9)39(26(3)4)50(73)76-23-35(58-41(64)33-20-52-29-16-12-14-18-31(29)56-33)43(66)54-27(5)45(68)60(7)37(47(70)61(38)8)24-78(74)51(40)77-11/h12-21,25-28,35-40,51H,22-24H2,1-11H3,(H,54,66)(H,55,67)(H,58,64)(H,59,65)/t27-,28-,35+,36+,37-,38-,39-,40+,51-,78?/m0/s1. The lowest BCUT2D eigenvalue weighted by atomic mass is 10.0. The summed E-state index contributed by atoms with van der Waals surface area (Å²) in [4.78, 5) is 165. The molecule has 2 aromatic heterocycles. The fourth-order valence-corrected chi connectivity index (χ4v) is 12.1. The number of hydrogen-bond acceptors (Lipinski definition) is 18. The second kappa shape index (κ2) is 25.6. The lowest BCUT2D eigenvalue weighted by Crippen LogP contribution is -2.62. The number of para-hydroxylation sites is 4. The molecule has 4 aromatic rings. The Hall–Kier alpha value is -7.68. The Bertz CT molecular complexity index is 3020. The Morgan fingerprint density at radius 3 is 1.42 bits per heavy atom. The molecule has 0 radical (unpaired) electrons. The molecule has 0 saturated carbocycles. The lowest BCUT2D eigenvalue weighted by Gasteiger charge is -2.39. The van der Waals surface area contributed by atoms with E-state index in [2.05, 4.69) is 41.2 Å². The number of nitrogens with one attached hydrogen (secondary N) is 4. The Morgan fingerprint density at radius 2 is 1.01 bits per heavy atom. The van der Waals surface area contributed by atoms with Crippen LogP contribution in [0.1, 0.15) is 62.5 Å². The van der Waals surface area contributed by atoms with Gasteiger partial charge in [0.1, 0.15) is 77.5 Å². The zero-order valence-corrected chi connectivity index (χ0v) is 46.6. The van der Waals surface area contributed by atoms with Crippen molar-refractivity contribution < 1.29 is 61.6 Å². The summed E-state index contributed by atoms with van der Waals surface area (Å²) in [7, 11) is 2.54. The van der Waals surface area contributed by atoms with E-state index in [1.54, 1.807) is 76.2 Å². The van der Waals surface area contributed by atoms with Gasteiger partial charge in [-0.3, -0.25) is 52.5 Å². The van der Waals surface area contributed by atoms with Crippen LogP contribution in [0.2, 0.25) is 0 Å². The molecule has 2 saturated heterocycles. The Balaban J connectivity index is 1.45. The Labute approximate surface area is 456 Å². The summed E-state index contributed by atoms with van der Waals surface area (Å²) >= 11 is 0.873. The number of amides is 8. The first-order valence-electron chi connectivity index (χ1n) is 24.8. The molecule has 418 valence electrons. The topological polar surface area (TPSA) is 319 Å². The van der Waals surface area contributed by atoms with E-state index in [-0.39, 0.29) is 11.4 Å². The number of fused-ring (bicyclic) bond motifs is 6. The van der Waals surface area contributed by atoms with Gasteiger partial charge >= 0.3 is 11.9 Å². The molecule has 2 aromatic carbocycles. The molecule has 6 rings (SSSR count). The second-order valence-electron chi connectivity index (χ2n) is 19.5. The average Bonchev–Trinajstić information content (AvgIpc) is 3.42. The van der Waals surface area contributed by atoms with Crippen LogP contribution in [0.15, 0.2) is 60.9 Å². The first-order valence-corrected chi connectivity index (χ1v) is 27.5. The average molecular weight is 1120 g/mol. The number of nitrogens with zero attached hydrogens (tertiary/aromatic N) is 8. The monoisotopic (exact) mass is 1120 g/mol. The predicted octanol–water partition coefficient (Wildman–Crippen LogP) is -0.349. The molecule has 8 amide bonds. The molecule has 27 heteroatoms. The molecular weight excluding hydrogens is 1050 g/mol. The molecule has 10 atom stereocenters. The first-order chi connectivity index (χ1) is 36.9. The van der Waals surface area contributed by atoms with Crippen LogP contribution in [0.4, 0.5) is 0 Å². The van der Waals surface area contributed by atoms with Gasteiger partial charge in [0.25, 0.3) is 11.8 Å². The molecule has 4 heterocycles. The number of aromatic nitrogens is 4. The number of thioether (sulfide) groups is 1. The zero-order chi connectivity index (χ0) is 57.4. The first kappa shape index (κ1) is 59.6. The summed E-state index contributed by atoms with van der Waals surface area (Å²) < 4.78 is 25.1. The highest BCUT2D eigenvalue weighted by atomic mass is 32.2. The second-order valence-corrected chi connectivity index (χ2v) is 22.4. The molecule has 2 bridgehead atoms. The van der Waals surface area contributed by atoms with Crippen molar-refractivity contribution in [3.63, 3.8) is 0 Å². The van der Waals surface area contributed by atoms with Gasteiger partial charge in [-0.2, -0.15) is 0 Å². The summed E-state index contributed by atoms with van der Waals surface area (Å²) in [6.07, 6.45) is 3.86. The number of rotatable bonds is 7. The minimum atomic E-state index is -2.39. The maximum absolute atomic E-state index is 15.3. The van der Waals surface area contributed by atoms with Gasteiger partial charge in [0.05, 0.1) is 40.2 Å². The highest BCUT2D eigenvalue weighted by Gasteiger charge is 2.47. The minimum absolute atomic E-state index is 0.209. The quantitative estimate of drug-likeness (QED) is 0.172. The van der Waals surface area contributed by atoms with Gasteiger partial charge in [0.2, 0.25) is 35.4 Å². The smallest absolute Gasteiger partial charge is 0.329 e. The summed E-state index contributed by atoms with van der Waals surface area (Å²) in [6.45, 7) is 7.26. The van der Waals surface area contributed by atoms with Crippen LogP contribution in [-0.4, -0.2) is 209 Å². The number of esters is 2. The number of hydrogen-bond donors (Lipinski definition) is 4. The number of carbonyl (C=O) groups is 10. The Morgan fingerprint density at radius 1 is 0.615 bits per heavy atom. The van der Waals surface area contributed by atoms with Gasteiger partial charge in [-0.1, -0.05) is 52.0 Å². The van der Waals surface area contributed by atoms with Gasteiger partial charge in [-0.05, 0) is 56.2 Å². The number of benzene rings is 2. The van der Waals surface area contributed by atoms with E-state index >= 15 is 13.8 Å². The number of ether oxygens (including phenoxy) is 2. The summed E-state index contributed by atoms with van der Waals surface area (Å²) in [5.74, 6) is -11.9. The lowest BCUT2D eigenvalue weighted by molar-refractivity contribution is -0.160. The van der Waals surface area contributed by atoms with Crippen molar-refractivity contribution in [2.45, 2.75) is 94.5 Å². The van der Waals surface area contributed by atoms with Crippen molar-refractivity contribution in [3.8, 4) is 0 Å². The number of cyclic esters (lactones) is 2. The van der Waals surface area contributed by atoms with Crippen molar-refractivity contribution in [1.82, 2.24) is 60.8 Å². The third-order valence-corrected chi connectivity index (χ3v) is 16.7. The van der Waals surface area contributed by atoms with E-state index in [9.17, 15) is 38.4 Å². The van der Waals surface area contributed by atoms with Crippen LogP contribution in [-0.2, 0) is 58.6 Å². The molecule has 0 spiro atoms. The molecule has 2 aliphatic rings. The Kier molecular flexibility index (Phi) is 19.6. The number of likely N-dealkylation sites (N-methyl/N-ethyl adjacent to an activating group) is 4. The molecule has 4 N–H and O–H groups in total. The maximum Gasteiger partial charge on any atom is 0.329 e. The summed E-state index contributed by atoms with van der Waals surface area (Å²) in [6, 6.07) is 0.607.